The highest BCUT2D eigenvalue weighted by atomic mass is 35.5. The standard InChI is InChI=1S/C16H23ClO2/c1-10-11(2)19-12(3)16(10)15(17)9-13-6-5-7-14(8-13)18-4/h5-8,10-12,15-16H,9H2,1-4H3. The van der Waals surface area contributed by atoms with Crippen LogP contribution < -0.4 is 4.74 Å². The molecule has 0 saturated carbocycles. The summed E-state index contributed by atoms with van der Waals surface area (Å²) in [4.78, 5) is 0. The van der Waals surface area contributed by atoms with E-state index in [9.17, 15) is 0 Å². The van der Waals surface area contributed by atoms with Gasteiger partial charge >= 0.3 is 0 Å². The molecule has 5 unspecified atom stereocenters. The molecule has 2 rings (SSSR count). The first kappa shape index (κ1) is 14.7. The van der Waals surface area contributed by atoms with Gasteiger partial charge in [-0.1, -0.05) is 19.1 Å². The lowest BCUT2D eigenvalue weighted by Gasteiger charge is -2.24. The maximum Gasteiger partial charge on any atom is 0.119 e. The number of benzene rings is 1. The predicted molar refractivity (Wildman–Crippen MR) is 79.0 cm³/mol. The second-order valence-corrected chi connectivity index (χ2v) is 6.12. The Morgan fingerprint density at radius 1 is 1.26 bits per heavy atom. The van der Waals surface area contributed by atoms with Gasteiger partial charge in [0.25, 0.3) is 0 Å². The lowest BCUT2D eigenvalue weighted by atomic mass is 9.84. The Morgan fingerprint density at radius 2 is 2.00 bits per heavy atom. The maximum atomic E-state index is 6.65. The van der Waals surface area contributed by atoms with Crippen LogP contribution >= 0.6 is 11.6 Å². The van der Waals surface area contributed by atoms with Crippen LogP contribution in [-0.4, -0.2) is 24.7 Å². The Balaban J connectivity index is 2.06. The molecule has 1 aromatic carbocycles. The summed E-state index contributed by atoms with van der Waals surface area (Å²) in [5, 5.41) is 0.0991. The fourth-order valence-corrected chi connectivity index (χ4v) is 3.69. The highest BCUT2D eigenvalue weighted by Crippen LogP contribution is 2.37. The van der Waals surface area contributed by atoms with Crippen molar-refractivity contribution in [2.45, 2.75) is 44.8 Å². The molecule has 0 amide bonds. The van der Waals surface area contributed by atoms with Crippen LogP contribution in [0.3, 0.4) is 0 Å². The molecule has 1 saturated heterocycles. The first-order valence-electron chi connectivity index (χ1n) is 6.95. The Kier molecular flexibility index (Phi) is 4.75. The van der Waals surface area contributed by atoms with Crippen molar-refractivity contribution in [1.29, 1.82) is 0 Å². The molecule has 5 atom stereocenters. The Morgan fingerprint density at radius 3 is 2.58 bits per heavy atom. The lowest BCUT2D eigenvalue weighted by molar-refractivity contribution is 0.0508. The van der Waals surface area contributed by atoms with Gasteiger partial charge in [0.1, 0.15) is 5.75 Å². The highest BCUT2D eigenvalue weighted by molar-refractivity contribution is 6.21. The number of halogens is 1. The van der Waals surface area contributed by atoms with Crippen LogP contribution in [0.4, 0.5) is 0 Å². The molecule has 1 fully saturated rings. The average molecular weight is 283 g/mol. The van der Waals surface area contributed by atoms with Crippen molar-refractivity contribution in [2.24, 2.45) is 11.8 Å². The summed E-state index contributed by atoms with van der Waals surface area (Å²) in [5.41, 5.74) is 1.22. The molecule has 1 aromatic rings. The summed E-state index contributed by atoms with van der Waals surface area (Å²) >= 11 is 6.65. The number of rotatable bonds is 4. The minimum Gasteiger partial charge on any atom is -0.497 e. The quantitative estimate of drug-likeness (QED) is 0.780. The molecular formula is C16H23ClO2. The van der Waals surface area contributed by atoms with E-state index in [2.05, 4.69) is 32.9 Å². The topological polar surface area (TPSA) is 18.5 Å². The van der Waals surface area contributed by atoms with Crippen molar-refractivity contribution in [1.82, 2.24) is 0 Å². The number of methoxy groups -OCH3 is 1. The number of ether oxygens (including phenoxy) is 2. The molecule has 106 valence electrons. The van der Waals surface area contributed by atoms with E-state index in [1.165, 1.54) is 5.56 Å². The van der Waals surface area contributed by atoms with E-state index in [1.807, 2.05) is 12.1 Å². The van der Waals surface area contributed by atoms with Crippen molar-refractivity contribution in [3.8, 4) is 5.75 Å². The zero-order valence-corrected chi connectivity index (χ0v) is 12.9. The number of hydrogen-bond donors (Lipinski definition) is 0. The van der Waals surface area contributed by atoms with Gasteiger partial charge in [0.15, 0.2) is 0 Å². The fourth-order valence-electron chi connectivity index (χ4n) is 3.08. The van der Waals surface area contributed by atoms with Gasteiger partial charge in [-0.05, 0) is 43.9 Å². The second kappa shape index (κ2) is 6.15. The largest absolute Gasteiger partial charge is 0.497 e. The highest BCUT2D eigenvalue weighted by Gasteiger charge is 2.40. The minimum absolute atomic E-state index is 0.0991. The molecule has 0 spiro atoms. The van der Waals surface area contributed by atoms with E-state index >= 15 is 0 Å². The molecule has 3 heteroatoms. The summed E-state index contributed by atoms with van der Waals surface area (Å²) in [6.45, 7) is 6.50. The normalized spacial score (nSPS) is 32.3. The maximum absolute atomic E-state index is 6.65. The van der Waals surface area contributed by atoms with Crippen LogP contribution in [0.5, 0.6) is 5.75 Å². The van der Waals surface area contributed by atoms with Gasteiger partial charge in [-0.2, -0.15) is 0 Å². The Bertz CT molecular complexity index is 421. The molecule has 1 aliphatic heterocycles. The van der Waals surface area contributed by atoms with Gasteiger partial charge in [0.2, 0.25) is 0 Å². The van der Waals surface area contributed by atoms with E-state index in [0.717, 1.165) is 12.2 Å². The molecule has 19 heavy (non-hydrogen) atoms. The monoisotopic (exact) mass is 282 g/mol. The molecule has 1 aliphatic rings. The first-order valence-corrected chi connectivity index (χ1v) is 7.39. The number of alkyl halides is 1. The van der Waals surface area contributed by atoms with Crippen molar-refractivity contribution in [3.63, 3.8) is 0 Å². The smallest absolute Gasteiger partial charge is 0.119 e. The molecule has 0 aliphatic carbocycles. The van der Waals surface area contributed by atoms with Crippen LogP contribution in [0.2, 0.25) is 0 Å². The van der Waals surface area contributed by atoms with Gasteiger partial charge in [-0.3, -0.25) is 0 Å². The third kappa shape index (κ3) is 3.24. The van der Waals surface area contributed by atoms with Crippen molar-refractivity contribution < 1.29 is 9.47 Å². The fraction of sp³-hybridized carbons (Fsp3) is 0.625. The first-order chi connectivity index (χ1) is 9.02. The van der Waals surface area contributed by atoms with Crippen LogP contribution in [0.1, 0.15) is 26.3 Å². The van der Waals surface area contributed by atoms with E-state index in [4.69, 9.17) is 21.1 Å². The molecule has 0 radical (unpaired) electrons. The molecule has 0 aromatic heterocycles. The van der Waals surface area contributed by atoms with Crippen LogP contribution in [-0.2, 0) is 11.2 Å². The van der Waals surface area contributed by atoms with E-state index < -0.39 is 0 Å². The molecule has 1 heterocycles. The van der Waals surface area contributed by atoms with E-state index in [1.54, 1.807) is 7.11 Å². The van der Waals surface area contributed by atoms with Crippen molar-refractivity contribution >= 4 is 11.6 Å². The number of hydrogen-bond acceptors (Lipinski definition) is 2. The van der Waals surface area contributed by atoms with Gasteiger partial charge in [-0.15, -0.1) is 11.6 Å². The van der Waals surface area contributed by atoms with Gasteiger partial charge in [-0.25, -0.2) is 0 Å². The SMILES string of the molecule is COc1cccc(CC(Cl)C2C(C)OC(C)C2C)c1. The second-order valence-electron chi connectivity index (χ2n) is 5.55. The van der Waals surface area contributed by atoms with Gasteiger partial charge in [0, 0.05) is 11.3 Å². The summed E-state index contributed by atoms with van der Waals surface area (Å²) < 4.78 is 11.1. The Labute approximate surface area is 121 Å². The molecular weight excluding hydrogens is 260 g/mol. The zero-order chi connectivity index (χ0) is 14.0. The summed E-state index contributed by atoms with van der Waals surface area (Å²) in [6, 6.07) is 8.13. The summed E-state index contributed by atoms with van der Waals surface area (Å²) in [5.74, 6) is 1.80. The van der Waals surface area contributed by atoms with E-state index in [-0.39, 0.29) is 11.5 Å². The molecule has 2 nitrogen and oxygen atoms in total. The molecule has 0 N–H and O–H groups in total. The van der Waals surface area contributed by atoms with Gasteiger partial charge < -0.3 is 9.47 Å². The van der Waals surface area contributed by atoms with Crippen LogP contribution in [0, 0.1) is 11.8 Å². The van der Waals surface area contributed by atoms with Crippen molar-refractivity contribution in [2.75, 3.05) is 7.11 Å². The zero-order valence-electron chi connectivity index (χ0n) is 12.1. The lowest BCUT2D eigenvalue weighted by Crippen LogP contribution is -2.28. The van der Waals surface area contributed by atoms with Crippen molar-refractivity contribution in [3.05, 3.63) is 29.8 Å². The van der Waals surface area contributed by atoms with Crippen LogP contribution in [0.25, 0.3) is 0 Å². The Hall–Kier alpha value is -0.730. The third-order valence-corrected chi connectivity index (χ3v) is 4.75. The summed E-state index contributed by atoms with van der Waals surface area (Å²) in [6.07, 6.45) is 1.39. The predicted octanol–water partition coefficient (Wildman–Crippen LogP) is 3.90. The third-order valence-electron chi connectivity index (χ3n) is 4.30. The van der Waals surface area contributed by atoms with Crippen LogP contribution in [0.15, 0.2) is 24.3 Å². The van der Waals surface area contributed by atoms with E-state index in [0.29, 0.717) is 17.9 Å². The minimum atomic E-state index is 0.0991. The molecule has 0 bridgehead atoms. The average Bonchev–Trinajstić information content (AvgIpc) is 2.63. The summed E-state index contributed by atoms with van der Waals surface area (Å²) in [7, 11) is 1.69. The van der Waals surface area contributed by atoms with Gasteiger partial charge in [0.05, 0.1) is 19.3 Å².